The number of nitrogens with zero attached hydrogens (tertiary/aromatic N) is 1. The third kappa shape index (κ3) is 6.93. The number of aliphatic hydroxyl groups is 1. The Morgan fingerprint density at radius 2 is 1.88 bits per heavy atom. The lowest BCUT2D eigenvalue weighted by atomic mass is 9.89. The molecule has 1 aliphatic rings. The van der Waals surface area contributed by atoms with Gasteiger partial charge in [0, 0.05) is 12.5 Å². The van der Waals surface area contributed by atoms with Crippen LogP contribution in [0, 0.1) is 23.2 Å². The Morgan fingerprint density at radius 3 is 2.38 bits per heavy atom. The second kappa shape index (κ2) is 11.3. The van der Waals surface area contributed by atoms with E-state index in [1.807, 2.05) is 6.07 Å². The molecule has 0 aromatic heterocycles. The normalized spacial score (nSPS) is 19.5. The summed E-state index contributed by atoms with van der Waals surface area (Å²) in [6.07, 6.45) is -5.79. The van der Waals surface area contributed by atoms with Gasteiger partial charge in [0.1, 0.15) is 12.1 Å². The van der Waals surface area contributed by atoms with Gasteiger partial charge in [0.15, 0.2) is 5.60 Å². The first-order valence-electron chi connectivity index (χ1n) is 11.0. The number of nitriles is 1. The van der Waals surface area contributed by atoms with Crippen LogP contribution in [0.15, 0.2) is 30.3 Å². The smallest absolute Gasteiger partial charge is 0.376 e. The van der Waals surface area contributed by atoms with E-state index in [1.165, 1.54) is 18.2 Å². The maximum Gasteiger partial charge on any atom is 0.421 e. The van der Waals surface area contributed by atoms with Crippen molar-refractivity contribution in [3.8, 4) is 6.07 Å². The fourth-order valence-corrected chi connectivity index (χ4v) is 3.83. The summed E-state index contributed by atoms with van der Waals surface area (Å²) in [6.45, 7) is 3.99. The van der Waals surface area contributed by atoms with E-state index in [1.54, 1.807) is 13.8 Å². The van der Waals surface area contributed by atoms with Crippen molar-refractivity contribution in [2.75, 3.05) is 6.54 Å². The number of amides is 3. The summed E-state index contributed by atoms with van der Waals surface area (Å²) >= 11 is 0. The maximum atomic E-state index is 13.7. The molecule has 0 bridgehead atoms. The van der Waals surface area contributed by atoms with Crippen LogP contribution in [0.2, 0.25) is 0 Å². The molecular weight excluding hydrogens is 453 g/mol. The number of rotatable bonds is 10. The molecule has 0 radical (unpaired) electrons. The zero-order chi connectivity index (χ0) is 25.5. The molecule has 0 saturated carbocycles. The molecule has 34 heavy (non-hydrogen) atoms. The minimum absolute atomic E-state index is 0.0816. The lowest BCUT2D eigenvalue weighted by Crippen LogP contribution is -2.53. The summed E-state index contributed by atoms with van der Waals surface area (Å²) < 4.78 is 41.2. The molecule has 1 aliphatic heterocycles. The number of alkyl halides is 3. The Morgan fingerprint density at radius 1 is 1.24 bits per heavy atom. The van der Waals surface area contributed by atoms with E-state index < -0.39 is 53.6 Å². The van der Waals surface area contributed by atoms with E-state index >= 15 is 0 Å². The van der Waals surface area contributed by atoms with Gasteiger partial charge in [0.05, 0.1) is 12.5 Å². The summed E-state index contributed by atoms with van der Waals surface area (Å²) in [7, 11) is 0. The first-order valence-corrected chi connectivity index (χ1v) is 11.0. The summed E-state index contributed by atoms with van der Waals surface area (Å²) in [5, 5.41) is 27.2. The van der Waals surface area contributed by atoms with Gasteiger partial charge >= 0.3 is 6.18 Å². The fraction of sp³-hybridized carbons (Fsp3) is 0.565. The molecule has 0 aliphatic carbocycles. The average Bonchev–Trinajstić information content (AvgIpc) is 3.16. The van der Waals surface area contributed by atoms with Crippen LogP contribution in [0.1, 0.15) is 45.1 Å². The van der Waals surface area contributed by atoms with Crippen molar-refractivity contribution in [1.82, 2.24) is 16.0 Å². The van der Waals surface area contributed by atoms with Crippen molar-refractivity contribution < 1.29 is 32.7 Å². The SMILES string of the molecule is CC(C)CC(NC(=O)CC(O)(c1ccccc1)C(F)(F)F)C(=O)N[C@H](C#N)C[C@@H]1CCNC1=O. The van der Waals surface area contributed by atoms with Gasteiger partial charge in [-0.15, -0.1) is 0 Å². The highest BCUT2D eigenvalue weighted by Gasteiger charge is 2.56. The summed E-state index contributed by atoms with van der Waals surface area (Å²) in [4.78, 5) is 37.2. The van der Waals surface area contributed by atoms with E-state index in [4.69, 9.17) is 0 Å². The molecule has 1 heterocycles. The van der Waals surface area contributed by atoms with Crippen LogP contribution in [0.3, 0.4) is 0 Å². The van der Waals surface area contributed by atoms with Crippen molar-refractivity contribution in [1.29, 1.82) is 5.26 Å². The molecule has 0 spiro atoms. The van der Waals surface area contributed by atoms with Crippen LogP contribution in [-0.2, 0) is 20.0 Å². The zero-order valence-electron chi connectivity index (χ0n) is 19.0. The highest BCUT2D eigenvalue weighted by Crippen LogP contribution is 2.41. The van der Waals surface area contributed by atoms with Gasteiger partial charge < -0.3 is 21.1 Å². The molecule has 4 N–H and O–H groups in total. The molecule has 186 valence electrons. The Balaban J connectivity index is 2.13. The van der Waals surface area contributed by atoms with Gasteiger partial charge in [-0.05, 0) is 30.7 Å². The first-order chi connectivity index (χ1) is 15.9. The minimum Gasteiger partial charge on any atom is -0.376 e. The van der Waals surface area contributed by atoms with Crippen molar-refractivity contribution >= 4 is 17.7 Å². The monoisotopic (exact) mass is 482 g/mol. The fourth-order valence-electron chi connectivity index (χ4n) is 3.83. The van der Waals surface area contributed by atoms with Gasteiger partial charge in [-0.1, -0.05) is 44.2 Å². The maximum absolute atomic E-state index is 13.7. The van der Waals surface area contributed by atoms with Crippen LogP contribution in [0.25, 0.3) is 0 Å². The molecule has 8 nitrogen and oxygen atoms in total. The van der Waals surface area contributed by atoms with E-state index in [0.717, 1.165) is 12.1 Å². The third-order valence-corrected chi connectivity index (χ3v) is 5.65. The topological polar surface area (TPSA) is 131 Å². The number of halogens is 3. The lowest BCUT2D eigenvalue weighted by molar-refractivity contribution is -0.267. The number of nitrogens with one attached hydrogen (secondary N) is 3. The van der Waals surface area contributed by atoms with Gasteiger partial charge in [0.2, 0.25) is 17.7 Å². The molecule has 4 atom stereocenters. The Hall–Kier alpha value is -3.13. The van der Waals surface area contributed by atoms with Crippen LogP contribution >= 0.6 is 0 Å². The quantitative estimate of drug-likeness (QED) is 0.405. The molecule has 2 unspecified atom stereocenters. The summed E-state index contributed by atoms with van der Waals surface area (Å²) in [6, 6.07) is 5.90. The van der Waals surface area contributed by atoms with Crippen molar-refractivity contribution in [3.63, 3.8) is 0 Å². The van der Waals surface area contributed by atoms with Crippen LogP contribution in [0.4, 0.5) is 13.2 Å². The van der Waals surface area contributed by atoms with E-state index in [-0.39, 0.29) is 24.7 Å². The van der Waals surface area contributed by atoms with Crippen molar-refractivity contribution in [2.45, 2.75) is 63.4 Å². The Labute approximate surface area is 195 Å². The van der Waals surface area contributed by atoms with Crippen LogP contribution in [0.5, 0.6) is 0 Å². The highest BCUT2D eigenvalue weighted by molar-refractivity contribution is 5.88. The Bertz CT molecular complexity index is 917. The molecular formula is C23H29F3N4O4. The van der Waals surface area contributed by atoms with Gasteiger partial charge in [-0.2, -0.15) is 18.4 Å². The summed E-state index contributed by atoms with van der Waals surface area (Å²) in [5.41, 5.74) is -3.94. The number of benzene rings is 1. The Kier molecular flexibility index (Phi) is 9.04. The van der Waals surface area contributed by atoms with Gasteiger partial charge in [-0.25, -0.2) is 0 Å². The first kappa shape index (κ1) is 27.1. The second-order valence-electron chi connectivity index (χ2n) is 8.85. The predicted octanol–water partition coefficient (Wildman–Crippen LogP) is 1.89. The lowest BCUT2D eigenvalue weighted by Gasteiger charge is -2.31. The summed E-state index contributed by atoms with van der Waals surface area (Å²) in [5.74, 6) is -2.69. The molecule has 2 rings (SSSR count). The molecule has 1 saturated heterocycles. The molecule has 11 heteroatoms. The van der Waals surface area contributed by atoms with Crippen LogP contribution < -0.4 is 16.0 Å². The zero-order valence-corrected chi connectivity index (χ0v) is 19.0. The molecule has 1 fully saturated rings. The van der Waals surface area contributed by atoms with Crippen molar-refractivity contribution in [3.05, 3.63) is 35.9 Å². The number of carbonyl (C=O) groups is 3. The molecule has 1 aromatic carbocycles. The van der Waals surface area contributed by atoms with E-state index in [9.17, 15) is 37.9 Å². The largest absolute Gasteiger partial charge is 0.421 e. The van der Waals surface area contributed by atoms with E-state index in [0.29, 0.717) is 13.0 Å². The number of hydrogen-bond acceptors (Lipinski definition) is 5. The second-order valence-corrected chi connectivity index (χ2v) is 8.85. The standard InChI is InChI=1S/C23H29F3N4O4/c1-14(2)10-18(21(33)29-17(13-27)11-15-8-9-28-20(15)32)30-19(31)12-22(34,23(24,25)26)16-6-4-3-5-7-16/h3-7,14-15,17-18,34H,8-12H2,1-2H3,(H,28,32)(H,29,33)(H,30,31)/t15-,17-,18?,22?/m0/s1. The predicted molar refractivity (Wildman–Crippen MR) is 116 cm³/mol. The van der Waals surface area contributed by atoms with E-state index in [2.05, 4.69) is 16.0 Å². The minimum atomic E-state index is -5.14. The molecule has 3 amide bonds. The van der Waals surface area contributed by atoms with Gasteiger partial charge in [-0.3, -0.25) is 14.4 Å². The highest BCUT2D eigenvalue weighted by atomic mass is 19.4. The van der Waals surface area contributed by atoms with Gasteiger partial charge in [0.25, 0.3) is 0 Å². The number of hydrogen-bond donors (Lipinski definition) is 4. The average molecular weight is 483 g/mol. The van der Waals surface area contributed by atoms with Crippen LogP contribution in [-0.4, -0.2) is 47.6 Å². The van der Waals surface area contributed by atoms with Crippen molar-refractivity contribution in [2.24, 2.45) is 11.8 Å². The third-order valence-electron chi connectivity index (χ3n) is 5.65. The number of carbonyl (C=O) groups excluding carboxylic acids is 3. The molecule has 1 aromatic rings.